The molecule has 2 rings (SSSR count). The van der Waals surface area contributed by atoms with Crippen molar-refractivity contribution in [1.29, 1.82) is 0 Å². The number of rotatable bonds is 4. The number of nitrogens with one attached hydrogen (secondary N) is 2. The summed E-state index contributed by atoms with van der Waals surface area (Å²) >= 11 is 3.36. The van der Waals surface area contributed by atoms with Crippen LogP contribution in [0.1, 0.15) is 5.69 Å². The average molecular weight is 295 g/mol. The molecule has 0 aromatic carbocycles. The van der Waals surface area contributed by atoms with E-state index in [1.165, 1.54) is 6.33 Å². The molecule has 0 saturated carbocycles. The van der Waals surface area contributed by atoms with Gasteiger partial charge in [0.1, 0.15) is 16.6 Å². The zero-order valence-electron chi connectivity index (χ0n) is 8.89. The fourth-order valence-corrected chi connectivity index (χ4v) is 1.73. The van der Waals surface area contributed by atoms with Crippen molar-refractivity contribution in [2.45, 2.75) is 6.54 Å². The van der Waals surface area contributed by atoms with Gasteiger partial charge in [-0.3, -0.25) is 4.98 Å². The Balaban J connectivity index is 2.09. The Morgan fingerprint density at radius 3 is 2.71 bits per heavy atom. The van der Waals surface area contributed by atoms with Crippen LogP contribution in [0.15, 0.2) is 35.2 Å². The predicted octanol–water partition coefficient (Wildman–Crippen LogP) is 1.53. The number of nitrogens with zero attached hydrogens (tertiary/aromatic N) is 3. The van der Waals surface area contributed by atoms with Crippen LogP contribution >= 0.6 is 15.9 Å². The van der Waals surface area contributed by atoms with E-state index in [-0.39, 0.29) is 0 Å². The normalized spacial score (nSPS) is 10.0. The molecule has 88 valence electrons. The molecule has 2 heterocycles. The van der Waals surface area contributed by atoms with Crippen molar-refractivity contribution in [1.82, 2.24) is 15.0 Å². The molecule has 6 nitrogen and oxygen atoms in total. The molecule has 7 heteroatoms. The van der Waals surface area contributed by atoms with Gasteiger partial charge in [-0.15, -0.1) is 0 Å². The largest absolute Gasteiger partial charge is 0.363 e. The second-order valence-corrected chi connectivity index (χ2v) is 4.00. The van der Waals surface area contributed by atoms with Gasteiger partial charge < -0.3 is 10.7 Å². The van der Waals surface area contributed by atoms with Gasteiger partial charge in [-0.1, -0.05) is 6.07 Å². The molecule has 0 unspecified atom stereocenters. The lowest BCUT2D eigenvalue weighted by Gasteiger charge is -2.09. The lowest BCUT2D eigenvalue weighted by atomic mass is 10.3. The first-order valence-electron chi connectivity index (χ1n) is 4.92. The van der Waals surface area contributed by atoms with E-state index in [9.17, 15) is 0 Å². The van der Waals surface area contributed by atoms with Crippen LogP contribution in [0.2, 0.25) is 0 Å². The van der Waals surface area contributed by atoms with Gasteiger partial charge in [0.05, 0.1) is 12.2 Å². The van der Waals surface area contributed by atoms with Crippen LogP contribution < -0.4 is 16.6 Å². The van der Waals surface area contributed by atoms with E-state index in [1.807, 2.05) is 18.2 Å². The van der Waals surface area contributed by atoms with Gasteiger partial charge in [0.2, 0.25) is 0 Å². The summed E-state index contributed by atoms with van der Waals surface area (Å²) in [4.78, 5) is 12.3. The van der Waals surface area contributed by atoms with Crippen molar-refractivity contribution in [2.24, 2.45) is 5.84 Å². The zero-order valence-corrected chi connectivity index (χ0v) is 10.5. The minimum Gasteiger partial charge on any atom is -0.363 e. The molecule has 0 aliphatic carbocycles. The highest BCUT2D eigenvalue weighted by atomic mass is 79.9. The maximum absolute atomic E-state index is 5.32. The molecule has 2 aromatic heterocycles. The molecule has 0 aliphatic heterocycles. The maximum Gasteiger partial charge on any atom is 0.159 e. The Labute approximate surface area is 107 Å². The van der Waals surface area contributed by atoms with Crippen LogP contribution in [0.3, 0.4) is 0 Å². The number of halogens is 1. The highest BCUT2D eigenvalue weighted by Crippen LogP contribution is 2.25. The molecule has 2 aromatic rings. The van der Waals surface area contributed by atoms with Crippen molar-refractivity contribution >= 4 is 27.6 Å². The van der Waals surface area contributed by atoms with Gasteiger partial charge in [0, 0.05) is 6.20 Å². The fourth-order valence-electron chi connectivity index (χ4n) is 1.27. The van der Waals surface area contributed by atoms with E-state index in [1.54, 1.807) is 6.20 Å². The van der Waals surface area contributed by atoms with Crippen LogP contribution in [-0.2, 0) is 6.54 Å². The number of hydrazine groups is 1. The molecule has 0 aliphatic rings. The van der Waals surface area contributed by atoms with E-state index in [2.05, 4.69) is 41.6 Å². The molecule has 0 spiro atoms. The Morgan fingerprint density at radius 2 is 2.00 bits per heavy atom. The summed E-state index contributed by atoms with van der Waals surface area (Å²) in [6, 6.07) is 5.75. The average Bonchev–Trinajstić information content (AvgIpc) is 2.39. The number of nitrogens with two attached hydrogens (primary N) is 1. The number of nitrogen functional groups attached to an aromatic ring is 1. The Morgan fingerprint density at radius 1 is 1.18 bits per heavy atom. The van der Waals surface area contributed by atoms with Gasteiger partial charge >= 0.3 is 0 Å². The van der Waals surface area contributed by atoms with Crippen LogP contribution in [0.4, 0.5) is 11.6 Å². The molecular formula is C10H11BrN6. The molecule has 4 N–H and O–H groups in total. The van der Waals surface area contributed by atoms with Gasteiger partial charge in [0.25, 0.3) is 0 Å². The second kappa shape index (κ2) is 5.55. The summed E-state index contributed by atoms with van der Waals surface area (Å²) in [5, 5.41) is 3.15. The SMILES string of the molecule is NNc1ncnc(NCc2ccccn2)c1Br. The van der Waals surface area contributed by atoms with Gasteiger partial charge in [-0.25, -0.2) is 15.8 Å². The Hall–Kier alpha value is -1.73. The lowest BCUT2D eigenvalue weighted by molar-refractivity contribution is 1.01. The number of anilines is 2. The number of hydrogen-bond donors (Lipinski definition) is 3. The monoisotopic (exact) mass is 294 g/mol. The van der Waals surface area contributed by atoms with E-state index >= 15 is 0 Å². The van der Waals surface area contributed by atoms with Gasteiger partial charge in [-0.2, -0.15) is 0 Å². The summed E-state index contributed by atoms with van der Waals surface area (Å²) in [5.74, 6) is 6.51. The first-order valence-corrected chi connectivity index (χ1v) is 5.71. The summed E-state index contributed by atoms with van der Waals surface area (Å²) in [6.07, 6.45) is 3.18. The Bertz CT molecular complexity index is 489. The summed E-state index contributed by atoms with van der Waals surface area (Å²) < 4.78 is 0.693. The third kappa shape index (κ3) is 2.89. The van der Waals surface area contributed by atoms with Gasteiger partial charge in [-0.05, 0) is 28.1 Å². The Kier molecular flexibility index (Phi) is 3.84. The van der Waals surface area contributed by atoms with E-state index in [0.717, 1.165) is 5.69 Å². The highest BCUT2D eigenvalue weighted by Gasteiger charge is 2.06. The molecule has 0 radical (unpaired) electrons. The number of pyridine rings is 1. The molecule has 0 fully saturated rings. The molecule has 0 atom stereocenters. The summed E-state index contributed by atoms with van der Waals surface area (Å²) in [7, 11) is 0. The third-order valence-electron chi connectivity index (χ3n) is 2.09. The summed E-state index contributed by atoms with van der Waals surface area (Å²) in [6.45, 7) is 0.584. The van der Waals surface area contributed by atoms with Crippen LogP contribution in [0, 0.1) is 0 Å². The molecule has 17 heavy (non-hydrogen) atoms. The van der Waals surface area contributed by atoms with Crippen molar-refractivity contribution in [3.63, 3.8) is 0 Å². The van der Waals surface area contributed by atoms with E-state index < -0.39 is 0 Å². The molecule has 0 saturated heterocycles. The van der Waals surface area contributed by atoms with Crippen LogP contribution in [0.25, 0.3) is 0 Å². The van der Waals surface area contributed by atoms with Crippen LogP contribution in [-0.4, -0.2) is 15.0 Å². The quantitative estimate of drug-likeness (QED) is 0.585. The van der Waals surface area contributed by atoms with Gasteiger partial charge in [0.15, 0.2) is 5.82 Å². The molecule has 0 amide bonds. The molecular weight excluding hydrogens is 284 g/mol. The molecule has 0 bridgehead atoms. The fraction of sp³-hybridized carbons (Fsp3) is 0.100. The first kappa shape index (κ1) is 11.7. The standard InChI is InChI=1S/C10H11BrN6/c11-8-9(15-6-16-10(8)17-12)14-5-7-3-1-2-4-13-7/h1-4,6H,5,12H2,(H2,14,15,16,17). The smallest absolute Gasteiger partial charge is 0.159 e. The summed E-state index contributed by atoms with van der Waals surface area (Å²) in [5.41, 5.74) is 3.41. The minimum absolute atomic E-state index is 0.531. The first-order chi connectivity index (χ1) is 8.31. The topological polar surface area (TPSA) is 88.8 Å². The zero-order chi connectivity index (χ0) is 12.1. The number of aromatic nitrogens is 3. The van der Waals surface area contributed by atoms with Crippen molar-refractivity contribution in [3.8, 4) is 0 Å². The second-order valence-electron chi connectivity index (χ2n) is 3.20. The van der Waals surface area contributed by atoms with E-state index in [4.69, 9.17) is 5.84 Å². The van der Waals surface area contributed by atoms with Crippen LogP contribution in [0.5, 0.6) is 0 Å². The van der Waals surface area contributed by atoms with Crippen molar-refractivity contribution < 1.29 is 0 Å². The predicted molar refractivity (Wildman–Crippen MR) is 69.1 cm³/mol. The minimum atomic E-state index is 0.531. The lowest BCUT2D eigenvalue weighted by Crippen LogP contribution is -2.11. The highest BCUT2D eigenvalue weighted by molar-refractivity contribution is 9.10. The third-order valence-corrected chi connectivity index (χ3v) is 2.84. The van der Waals surface area contributed by atoms with Crippen molar-refractivity contribution in [2.75, 3.05) is 10.7 Å². The number of hydrogen-bond acceptors (Lipinski definition) is 6. The van der Waals surface area contributed by atoms with Crippen molar-refractivity contribution in [3.05, 3.63) is 40.9 Å². The maximum atomic E-state index is 5.32. The van der Waals surface area contributed by atoms with E-state index in [0.29, 0.717) is 22.7 Å².